The highest BCUT2D eigenvalue weighted by Gasteiger charge is 2.36. The first-order chi connectivity index (χ1) is 8.45. The van der Waals surface area contributed by atoms with Crippen molar-refractivity contribution in [3.05, 3.63) is 24.4 Å². The molecule has 0 radical (unpaired) electrons. The van der Waals surface area contributed by atoms with Gasteiger partial charge in [0.05, 0.1) is 0 Å². The molecule has 3 rings (SSSR count). The van der Waals surface area contributed by atoms with Crippen molar-refractivity contribution in [3.8, 4) is 0 Å². The van der Waals surface area contributed by atoms with Crippen LogP contribution in [0, 0.1) is 17.8 Å². The van der Waals surface area contributed by atoms with E-state index in [9.17, 15) is 0 Å². The van der Waals surface area contributed by atoms with Crippen LogP contribution in [0.5, 0.6) is 0 Å². The molecular formula is C16H23N. The lowest BCUT2D eigenvalue weighted by Crippen LogP contribution is -2.35. The maximum atomic E-state index is 4.71. The summed E-state index contributed by atoms with van der Waals surface area (Å²) in [6.45, 7) is 0. The van der Waals surface area contributed by atoms with Gasteiger partial charge in [-0.1, -0.05) is 44.3 Å². The lowest BCUT2D eigenvalue weighted by molar-refractivity contribution is 0.138. The van der Waals surface area contributed by atoms with E-state index in [1.165, 1.54) is 50.7 Å². The number of hydrogen-bond donors (Lipinski definition) is 0. The first-order valence-electron chi connectivity index (χ1n) is 7.33. The van der Waals surface area contributed by atoms with Crippen molar-refractivity contribution < 1.29 is 0 Å². The third kappa shape index (κ3) is 2.38. The highest BCUT2D eigenvalue weighted by Crippen LogP contribution is 2.44. The van der Waals surface area contributed by atoms with Crippen LogP contribution in [0.2, 0.25) is 0 Å². The monoisotopic (exact) mass is 229 g/mol. The summed E-state index contributed by atoms with van der Waals surface area (Å²) in [6, 6.07) is 0. The maximum Gasteiger partial charge on any atom is 0.0267 e. The van der Waals surface area contributed by atoms with Crippen LogP contribution < -0.4 is 0 Å². The molecule has 3 unspecified atom stereocenters. The number of fused-ring (bicyclic) bond motifs is 1. The topological polar surface area (TPSA) is 12.4 Å². The SMILES string of the molecule is C1=CCC(C2CCCC3CCCCC32)=NC=C1. The normalized spacial score (nSPS) is 37.2. The van der Waals surface area contributed by atoms with E-state index in [0.29, 0.717) is 0 Å². The molecule has 0 aromatic rings. The van der Waals surface area contributed by atoms with Gasteiger partial charge in [-0.25, -0.2) is 0 Å². The van der Waals surface area contributed by atoms with Crippen molar-refractivity contribution in [1.29, 1.82) is 0 Å². The van der Waals surface area contributed by atoms with E-state index < -0.39 is 0 Å². The van der Waals surface area contributed by atoms with Crippen molar-refractivity contribution in [2.75, 3.05) is 0 Å². The Labute approximate surface area is 105 Å². The van der Waals surface area contributed by atoms with Gasteiger partial charge in [-0.15, -0.1) is 0 Å². The van der Waals surface area contributed by atoms with Crippen LogP contribution >= 0.6 is 0 Å². The zero-order valence-electron chi connectivity index (χ0n) is 10.6. The van der Waals surface area contributed by atoms with Crippen LogP contribution in [0.25, 0.3) is 0 Å². The molecule has 17 heavy (non-hydrogen) atoms. The molecule has 3 atom stereocenters. The quantitative estimate of drug-likeness (QED) is 0.627. The van der Waals surface area contributed by atoms with Gasteiger partial charge in [0.1, 0.15) is 0 Å². The number of nitrogens with zero attached hydrogens (tertiary/aromatic N) is 1. The van der Waals surface area contributed by atoms with Crippen molar-refractivity contribution in [2.45, 2.75) is 51.4 Å². The standard InChI is InChI=1S/C16H23N/c1-2-11-16(17-12-5-1)15-10-6-8-13-7-3-4-9-14(13)15/h1-2,5,12-15H,3-4,6-11H2. The van der Waals surface area contributed by atoms with Crippen LogP contribution in [-0.2, 0) is 0 Å². The molecule has 92 valence electrons. The second kappa shape index (κ2) is 5.20. The highest BCUT2D eigenvalue weighted by molar-refractivity contribution is 5.89. The molecule has 0 saturated heterocycles. The molecule has 1 heteroatoms. The van der Waals surface area contributed by atoms with Crippen molar-refractivity contribution in [3.63, 3.8) is 0 Å². The van der Waals surface area contributed by atoms with E-state index in [0.717, 1.165) is 24.2 Å². The molecule has 2 fully saturated rings. The fraction of sp³-hybridized carbons (Fsp3) is 0.688. The predicted octanol–water partition coefficient (Wildman–Crippen LogP) is 4.51. The summed E-state index contributed by atoms with van der Waals surface area (Å²) in [5.74, 6) is 2.76. The second-order valence-corrected chi connectivity index (χ2v) is 5.84. The third-order valence-electron chi connectivity index (χ3n) is 4.90. The van der Waals surface area contributed by atoms with Crippen molar-refractivity contribution in [1.82, 2.24) is 0 Å². The van der Waals surface area contributed by atoms with Gasteiger partial charge in [-0.05, 0) is 30.8 Å². The van der Waals surface area contributed by atoms with Gasteiger partial charge in [-0.2, -0.15) is 0 Å². The average Bonchev–Trinajstić information content (AvgIpc) is 2.67. The molecule has 0 amide bonds. The Balaban J connectivity index is 1.78. The van der Waals surface area contributed by atoms with E-state index in [4.69, 9.17) is 4.99 Å². The van der Waals surface area contributed by atoms with Gasteiger partial charge in [0.25, 0.3) is 0 Å². The fourth-order valence-electron chi connectivity index (χ4n) is 4.11. The summed E-state index contributed by atoms with van der Waals surface area (Å²) in [5, 5.41) is 0. The number of aliphatic imine (C=N–C) groups is 1. The van der Waals surface area contributed by atoms with E-state index >= 15 is 0 Å². The zero-order valence-corrected chi connectivity index (χ0v) is 10.6. The van der Waals surface area contributed by atoms with Gasteiger partial charge in [0.2, 0.25) is 0 Å². The Hall–Kier alpha value is -0.850. The smallest absolute Gasteiger partial charge is 0.0267 e. The first kappa shape index (κ1) is 11.3. The summed E-state index contributed by atoms with van der Waals surface area (Å²) in [7, 11) is 0. The van der Waals surface area contributed by atoms with Crippen molar-refractivity contribution >= 4 is 5.71 Å². The van der Waals surface area contributed by atoms with E-state index in [-0.39, 0.29) is 0 Å². The largest absolute Gasteiger partial charge is 0.265 e. The number of hydrogen-bond acceptors (Lipinski definition) is 1. The molecule has 1 nitrogen and oxygen atoms in total. The summed E-state index contributed by atoms with van der Waals surface area (Å²) in [4.78, 5) is 4.71. The Morgan fingerprint density at radius 1 is 0.941 bits per heavy atom. The minimum Gasteiger partial charge on any atom is -0.265 e. The summed E-state index contributed by atoms with van der Waals surface area (Å²) in [5.41, 5.74) is 1.46. The van der Waals surface area contributed by atoms with Crippen molar-refractivity contribution in [2.24, 2.45) is 22.7 Å². The Bertz CT molecular complexity index is 349. The molecule has 0 aromatic heterocycles. The van der Waals surface area contributed by atoms with Gasteiger partial charge < -0.3 is 0 Å². The van der Waals surface area contributed by atoms with Crippen LogP contribution in [-0.4, -0.2) is 5.71 Å². The predicted molar refractivity (Wildman–Crippen MR) is 73.1 cm³/mol. The van der Waals surface area contributed by atoms with E-state index in [1.54, 1.807) is 0 Å². The molecule has 2 saturated carbocycles. The van der Waals surface area contributed by atoms with Gasteiger partial charge in [-0.3, -0.25) is 4.99 Å². The molecule has 0 spiro atoms. The second-order valence-electron chi connectivity index (χ2n) is 5.84. The Morgan fingerprint density at radius 3 is 2.82 bits per heavy atom. The first-order valence-corrected chi connectivity index (χ1v) is 7.33. The van der Waals surface area contributed by atoms with Gasteiger partial charge in [0, 0.05) is 24.3 Å². The van der Waals surface area contributed by atoms with Gasteiger partial charge in [0.15, 0.2) is 0 Å². The molecular weight excluding hydrogens is 206 g/mol. The third-order valence-corrected chi connectivity index (χ3v) is 4.90. The van der Waals surface area contributed by atoms with E-state index in [2.05, 4.69) is 18.2 Å². The van der Waals surface area contributed by atoms with Gasteiger partial charge >= 0.3 is 0 Å². The van der Waals surface area contributed by atoms with Crippen LogP contribution in [0.3, 0.4) is 0 Å². The van der Waals surface area contributed by atoms with Crippen LogP contribution in [0.1, 0.15) is 51.4 Å². The molecule has 0 bridgehead atoms. The Kier molecular flexibility index (Phi) is 3.44. The summed E-state index contributed by atoms with van der Waals surface area (Å²) in [6.07, 6.45) is 19.7. The molecule has 0 N–H and O–H groups in total. The molecule has 3 aliphatic rings. The minimum atomic E-state index is 0.793. The lowest BCUT2D eigenvalue weighted by Gasteiger charge is -2.41. The summed E-state index contributed by atoms with van der Waals surface area (Å²) >= 11 is 0. The number of rotatable bonds is 1. The molecule has 2 aliphatic carbocycles. The lowest BCUT2D eigenvalue weighted by atomic mass is 9.64. The molecule has 1 heterocycles. The fourth-order valence-corrected chi connectivity index (χ4v) is 4.11. The summed E-state index contributed by atoms with van der Waals surface area (Å²) < 4.78 is 0. The number of allylic oxidation sites excluding steroid dienone is 3. The minimum absolute atomic E-state index is 0.793. The van der Waals surface area contributed by atoms with Crippen LogP contribution in [0.15, 0.2) is 29.4 Å². The Morgan fingerprint density at radius 2 is 1.82 bits per heavy atom. The maximum absolute atomic E-state index is 4.71. The average molecular weight is 229 g/mol. The van der Waals surface area contributed by atoms with E-state index in [1.807, 2.05) is 6.20 Å². The molecule has 1 aliphatic heterocycles. The zero-order chi connectivity index (χ0) is 11.5. The van der Waals surface area contributed by atoms with Crippen LogP contribution in [0.4, 0.5) is 0 Å². The molecule has 0 aromatic carbocycles. The highest BCUT2D eigenvalue weighted by atomic mass is 14.7.